The van der Waals surface area contributed by atoms with Crippen molar-refractivity contribution in [3.05, 3.63) is 164 Å². The maximum absolute atomic E-state index is 10.4. The van der Waals surface area contributed by atoms with Gasteiger partial charge >= 0.3 is 0 Å². The van der Waals surface area contributed by atoms with Gasteiger partial charge in [0.25, 0.3) is 0 Å². The summed E-state index contributed by atoms with van der Waals surface area (Å²) >= 11 is 0. The van der Waals surface area contributed by atoms with Gasteiger partial charge in [0.05, 0.1) is 45.6 Å². The smallest absolute Gasteiger partial charge is 0.159 e. The van der Waals surface area contributed by atoms with Gasteiger partial charge in [0.1, 0.15) is 5.82 Å². The number of aromatic nitrogens is 7. The number of para-hydroxylation sites is 2. The topological polar surface area (TPSA) is 98.1 Å². The lowest BCUT2D eigenvalue weighted by molar-refractivity contribution is 1.05. The fourth-order valence-corrected chi connectivity index (χ4v) is 7.39. The Labute approximate surface area is 297 Å². The van der Waals surface area contributed by atoms with Gasteiger partial charge in [-0.3, -0.25) is 4.57 Å². The van der Waals surface area contributed by atoms with Crippen LogP contribution in [0.15, 0.2) is 158 Å². The van der Waals surface area contributed by atoms with Crippen molar-refractivity contribution in [3.63, 3.8) is 0 Å². The van der Waals surface area contributed by atoms with Gasteiger partial charge in [-0.15, -0.1) is 0 Å². The molecule has 5 aromatic carbocycles. The molecule has 0 unspecified atom stereocenters. The van der Waals surface area contributed by atoms with E-state index in [4.69, 9.17) is 4.98 Å². The summed E-state index contributed by atoms with van der Waals surface area (Å²) in [4.78, 5) is 23.3. The van der Waals surface area contributed by atoms with Crippen LogP contribution in [0.3, 0.4) is 0 Å². The molecule has 0 aliphatic heterocycles. The van der Waals surface area contributed by atoms with Crippen molar-refractivity contribution in [2.24, 2.45) is 0 Å². The summed E-state index contributed by atoms with van der Waals surface area (Å²) in [5, 5.41) is 14.8. The molecule has 0 radical (unpaired) electrons. The molecule has 8 nitrogen and oxygen atoms in total. The van der Waals surface area contributed by atoms with E-state index < -0.39 is 0 Å². The molecule has 52 heavy (non-hydrogen) atoms. The average Bonchev–Trinajstić information content (AvgIpc) is 3.73. The quantitative estimate of drug-likeness (QED) is 0.181. The van der Waals surface area contributed by atoms with Crippen molar-refractivity contribution in [1.29, 1.82) is 5.26 Å². The fraction of sp³-hybridized carbons (Fsp3) is 0. The Morgan fingerprint density at radius 2 is 0.962 bits per heavy atom. The van der Waals surface area contributed by atoms with Crippen molar-refractivity contribution < 1.29 is 0 Å². The summed E-state index contributed by atoms with van der Waals surface area (Å²) in [5.41, 5.74) is 8.95. The highest BCUT2D eigenvalue weighted by Crippen LogP contribution is 2.40. The van der Waals surface area contributed by atoms with Crippen LogP contribution >= 0.6 is 0 Å². The van der Waals surface area contributed by atoms with Gasteiger partial charge in [-0.1, -0.05) is 78.9 Å². The van der Waals surface area contributed by atoms with Gasteiger partial charge in [0.15, 0.2) is 11.6 Å². The Bertz CT molecular complexity index is 3030. The molecule has 0 aliphatic carbocycles. The van der Waals surface area contributed by atoms with E-state index in [1.54, 1.807) is 24.8 Å². The minimum Gasteiger partial charge on any atom is -0.307 e. The fourth-order valence-electron chi connectivity index (χ4n) is 7.39. The molecule has 0 saturated heterocycles. The molecule has 5 heterocycles. The monoisotopic (exact) mass is 666 g/mol. The van der Waals surface area contributed by atoms with Crippen molar-refractivity contribution in [3.8, 4) is 51.5 Å². The van der Waals surface area contributed by atoms with Crippen molar-refractivity contribution in [2.75, 3.05) is 0 Å². The number of hydrogen-bond donors (Lipinski definition) is 0. The van der Waals surface area contributed by atoms with Gasteiger partial charge in [-0.2, -0.15) is 5.26 Å². The predicted molar refractivity (Wildman–Crippen MR) is 205 cm³/mol. The highest BCUT2D eigenvalue weighted by atomic mass is 15.1. The van der Waals surface area contributed by atoms with Gasteiger partial charge in [-0.25, -0.2) is 24.9 Å². The number of nitrogens with zero attached hydrogens (tertiary/aromatic N) is 8. The Kier molecular flexibility index (Phi) is 6.69. The first-order chi connectivity index (χ1) is 25.8. The normalized spacial score (nSPS) is 11.4. The maximum Gasteiger partial charge on any atom is 0.159 e. The second-order valence-corrected chi connectivity index (χ2v) is 12.5. The predicted octanol–water partition coefficient (Wildman–Crippen LogP) is 9.73. The second kappa shape index (κ2) is 11.8. The molecule has 0 amide bonds. The Balaban J connectivity index is 1.29. The van der Waals surface area contributed by atoms with E-state index in [1.807, 2.05) is 48.7 Å². The maximum atomic E-state index is 10.4. The molecule has 10 rings (SSSR count). The first kappa shape index (κ1) is 29.4. The van der Waals surface area contributed by atoms with E-state index in [2.05, 4.69) is 120 Å². The summed E-state index contributed by atoms with van der Waals surface area (Å²) in [5.74, 6) is 2.03. The largest absolute Gasteiger partial charge is 0.307 e. The molecule has 0 N–H and O–H groups in total. The first-order valence-electron chi connectivity index (χ1n) is 16.9. The number of pyridine rings is 1. The molecule has 0 bridgehead atoms. The zero-order chi connectivity index (χ0) is 34.6. The van der Waals surface area contributed by atoms with Crippen LogP contribution in [0.4, 0.5) is 0 Å². The summed E-state index contributed by atoms with van der Waals surface area (Å²) in [6.07, 6.45) is 8.96. The molecule has 0 fully saturated rings. The van der Waals surface area contributed by atoms with Gasteiger partial charge < -0.3 is 4.57 Å². The summed E-state index contributed by atoms with van der Waals surface area (Å²) in [6, 6.07) is 45.3. The molecule has 5 aromatic heterocycles. The number of benzene rings is 5. The molecular weight excluding hydrogens is 641 g/mol. The van der Waals surface area contributed by atoms with Crippen LogP contribution in [0.1, 0.15) is 5.56 Å². The van der Waals surface area contributed by atoms with Gasteiger partial charge in [-0.05, 0) is 48.5 Å². The SMILES string of the molecule is N#Cc1ccccc1-c1cc(-n2c3ccccc3c3ccc(-c4ncccn4)cc32)ncc1-n1c2ccccc2c2ccc(-c3ncccn3)cc21. The van der Waals surface area contributed by atoms with Crippen LogP contribution < -0.4 is 0 Å². The van der Waals surface area contributed by atoms with E-state index in [1.165, 1.54) is 0 Å². The zero-order valence-corrected chi connectivity index (χ0v) is 27.6. The van der Waals surface area contributed by atoms with E-state index in [-0.39, 0.29) is 0 Å². The third kappa shape index (κ3) is 4.57. The molecular formula is C44H26N8. The van der Waals surface area contributed by atoms with Crippen LogP contribution in [0, 0.1) is 11.3 Å². The van der Waals surface area contributed by atoms with E-state index >= 15 is 0 Å². The van der Waals surface area contributed by atoms with Crippen molar-refractivity contribution in [2.45, 2.75) is 0 Å². The summed E-state index contributed by atoms with van der Waals surface area (Å²) < 4.78 is 4.43. The molecule has 0 saturated carbocycles. The molecule has 0 aliphatic rings. The molecule has 0 atom stereocenters. The molecule has 0 spiro atoms. The Morgan fingerprint density at radius 1 is 0.442 bits per heavy atom. The Morgan fingerprint density at radius 3 is 1.58 bits per heavy atom. The van der Waals surface area contributed by atoms with Gasteiger partial charge in [0, 0.05) is 68.6 Å². The van der Waals surface area contributed by atoms with Crippen molar-refractivity contribution in [1.82, 2.24) is 34.1 Å². The van der Waals surface area contributed by atoms with Crippen LogP contribution in [0.5, 0.6) is 0 Å². The minimum absolute atomic E-state index is 0.575. The highest BCUT2D eigenvalue weighted by Gasteiger charge is 2.21. The van der Waals surface area contributed by atoms with E-state index in [0.717, 1.165) is 77.4 Å². The zero-order valence-electron chi connectivity index (χ0n) is 27.6. The molecule has 10 aromatic rings. The Hall–Kier alpha value is -7.50. The first-order valence-corrected chi connectivity index (χ1v) is 16.9. The minimum atomic E-state index is 0.575. The second-order valence-electron chi connectivity index (χ2n) is 12.5. The number of hydrogen-bond acceptors (Lipinski definition) is 6. The number of nitriles is 1. The van der Waals surface area contributed by atoms with Gasteiger partial charge in [0.2, 0.25) is 0 Å². The lowest BCUT2D eigenvalue weighted by Crippen LogP contribution is -2.04. The third-order valence-corrected chi connectivity index (χ3v) is 9.67. The highest BCUT2D eigenvalue weighted by molar-refractivity contribution is 6.11. The molecule has 242 valence electrons. The van der Waals surface area contributed by atoms with E-state index in [9.17, 15) is 5.26 Å². The summed E-state index contributed by atoms with van der Waals surface area (Å²) in [7, 11) is 0. The lowest BCUT2D eigenvalue weighted by Gasteiger charge is -2.17. The average molecular weight is 667 g/mol. The number of fused-ring (bicyclic) bond motifs is 6. The summed E-state index contributed by atoms with van der Waals surface area (Å²) in [6.45, 7) is 0. The van der Waals surface area contributed by atoms with Crippen LogP contribution in [0.25, 0.3) is 89.0 Å². The van der Waals surface area contributed by atoms with Crippen molar-refractivity contribution >= 4 is 43.6 Å². The lowest BCUT2D eigenvalue weighted by atomic mass is 9.99. The van der Waals surface area contributed by atoms with Crippen LogP contribution in [-0.2, 0) is 0 Å². The van der Waals surface area contributed by atoms with E-state index in [0.29, 0.717) is 17.2 Å². The van der Waals surface area contributed by atoms with Crippen LogP contribution in [-0.4, -0.2) is 34.1 Å². The molecule has 8 heteroatoms. The standard InChI is InChI=1S/C44H26N8/c45-26-30-9-1-2-10-31(30)36-25-42(52-38-14-6-4-12-33(38)35-18-16-29(24-40(35)52)44-48-21-8-22-49-44)50-27-41(36)51-37-13-5-3-11-32(37)34-17-15-28(23-39(34)51)43-46-19-7-20-47-43/h1-25,27H. The number of rotatable bonds is 5. The van der Waals surface area contributed by atoms with Crippen LogP contribution in [0.2, 0.25) is 0 Å². The third-order valence-electron chi connectivity index (χ3n) is 9.67.